The van der Waals surface area contributed by atoms with Crippen LogP contribution in [0.15, 0.2) is 24.3 Å². The number of hydrogen-bond donors (Lipinski definition) is 1. The Morgan fingerprint density at radius 2 is 1.81 bits per heavy atom. The van der Waals surface area contributed by atoms with Crippen molar-refractivity contribution < 1.29 is 4.74 Å². The van der Waals surface area contributed by atoms with Crippen LogP contribution in [0.2, 0.25) is 0 Å². The van der Waals surface area contributed by atoms with E-state index < -0.39 is 0 Å². The minimum Gasteiger partial charge on any atom is -0.494 e. The van der Waals surface area contributed by atoms with Gasteiger partial charge in [-0.15, -0.1) is 0 Å². The molecule has 3 nitrogen and oxygen atoms in total. The van der Waals surface area contributed by atoms with E-state index in [4.69, 9.17) is 4.74 Å². The SMILES string of the molecule is CCCOc1ccc(C(CN2CCCCC2)NCC)cc1. The Bertz CT molecular complexity index is 385. The van der Waals surface area contributed by atoms with Crippen molar-refractivity contribution in [1.82, 2.24) is 10.2 Å². The van der Waals surface area contributed by atoms with Crippen LogP contribution in [0.3, 0.4) is 0 Å². The summed E-state index contributed by atoms with van der Waals surface area (Å²) in [6, 6.07) is 9.05. The molecule has 1 heterocycles. The highest BCUT2D eigenvalue weighted by Gasteiger charge is 2.17. The molecule has 1 fully saturated rings. The summed E-state index contributed by atoms with van der Waals surface area (Å²) in [7, 11) is 0. The van der Waals surface area contributed by atoms with E-state index in [0.29, 0.717) is 6.04 Å². The minimum absolute atomic E-state index is 0.424. The van der Waals surface area contributed by atoms with Crippen LogP contribution in [0.4, 0.5) is 0 Å². The second-order valence-corrected chi connectivity index (χ2v) is 5.89. The predicted octanol–water partition coefficient (Wildman–Crippen LogP) is 3.61. The number of nitrogens with zero attached hydrogens (tertiary/aromatic N) is 1. The van der Waals surface area contributed by atoms with Crippen molar-refractivity contribution in [2.24, 2.45) is 0 Å². The lowest BCUT2D eigenvalue weighted by molar-refractivity contribution is 0.206. The second kappa shape index (κ2) is 9.06. The van der Waals surface area contributed by atoms with Gasteiger partial charge in [-0.1, -0.05) is 32.4 Å². The number of piperidine rings is 1. The van der Waals surface area contributed by atoms with E-state index in [1.165, 1.54) is 37.9 Å². The average Bonchev–Trinajstić information content (AvgIpc) is 2.54. The van der Waals surface area contributed by atoms with Gasteiger partial charge in [-0.25, -0.2) is 0 Å². The van der Waals surface area contributed by atoms with Crippen LogP contribution in [0.25, 0.3) is 0 Å². The van der Waals surface area contributed by atoms with Crippen LogP contribution >= 0.6 is 0 Å². The largest absolute Gasteiger partial charge is 0.494 e. The van der Waals surface area contributed by atoms with Crippen LogP contribution in [0.1, 0.15) is 51.1 Å². The monoisotopic (exact) mass is 290 g/mol. The maximum Gasteiger partial charge on any atom is 0.119 e. The van der Waals surface area contributed by atoms with E-state index >= 15 is 0 Å². The molecule has 2 rings (SSSR count). The van der Waals surface area contributed by atoms with Crippen LogP contribution in [-0.4, -0.2) is 37.7 Å². The molecule has 0 spiro atoms. The second-order valence-electron chi connectivity index (χ2n) is 5.89. The number of ether oxygens (including phenoxy) is 1. The van der Waals surface area contributed by atoms with Gasteiger partial charge in [0.05, 0.1) is 6.61 Å². The molecule has 1 aromatic rings. The van der Waals surface area contributed by atoms with Crippen LogP contribution in [0, 0.1) is 0 Å². The lowest BCUT2D eigenvalue weighted by Gasteiger charge is -2.31. The zero-order valence-electron chi connectivity index (χ0n) is 13.6. The smallest absolute Gasteiger partial charge is 0.119 e. The lowest BCUT2D eigenvalue weighted by Crippen LogP contribution is -2.38. The molecule has 1 N–H and O–H groups in total. The Labute approximate surface area is 129 Å². The van der Waals surface area contributed by atoms with Crippen molar-refractivity contribution in [3.8, 4) is 5.75 Å². The Morgan fingerprint density at radius 1 is 1.10 bits per heavy atom. The zero-order valence-corrected chi connectivity index (χ0v) is 13.6. The van der Waals surface area contributed by atoms with Crippen molar-refractivity contribution in [1.29, 1.82) is 0 Å². The van der Waals surface area contributed by atoms with Gasteiger partial charge in [0.25, 0.3) is 0 Å². The molecular weight excluding hydrogens is 260 g/mol. The summed E-state index contributed by atoms with van der Waals surface area (Å²) in [5, 5.41) is 3.63. The van der Waals surface area contributed by atoms with Gasteiger partial charge in [0.1, 0.15) is 5.75 Å². The van der Waals surface area contributed by atoms with E-state index in [2.05, 4.69) is 48.3 Å². The maximum atomic E-state index is 5.67. The normalized spacial score (nSPS) is 17.6. The Hall–Kier alpha value is -1.06. The van der Waals surface area contributed by atoms with Gasteiger partial charge in [0, 0.05) is 12.6 Å². The quantitative estimate of drug-likeness (QED) is 0.791. The van der Waals surface area contributed by atoms with Gasteiger partial charge in [-0.05, 0) is 56.6 Å². The molecule has 0 aliphatic carbocycles. The first kappa shape index (κ1) is 16.3. The fourth-order valence-corrected chi connectivity index (χ4v) is 2.95. The van der Waals surface area contributed by atoms with Crippen molar-refractivity contribution in [2.45, 2.75) is 45.6 Å². The average molecular weight is 290 g/mol. The number of nitrogens with one attached hydrogen (secondary N) is 1. The molecule has 1 atom stereocenters. The van der Waals surface area contributed by atoms with Gasteiger partial charge in [-0.3, -0.25) is 0 Å². The molecule has 1 aromatic carbocycles. The van der Waals surface area contributed by atoms with Gasteiger partial charge in [-0.2, -0.15) is 0 Å². The summed E-state index contributed by atoms with van der Waals surface area (Å²) >= 11 is 0. The molecule has 118 valence electrons. The maximum absolute atomic E-state index is 5.67. The van der Waals surface area contributed by atoms with Crippen LogP contribution in [0.5, 0.6) is 5.75 Å². The van der Waals surface area contributed by atoms with Crippen molar-refractivity contribution >= 4 is 0 Å². The third kappa shape index (κ3) is 5.33. The molecule has 3 heteroatoms. The van der Waals surface area contributed by atoms with E-state index in [1.54, 1.807) is 0 Å². The van der Waals surface area contributed by atoms with Crippen LogP contribution < -0.4 is 10.1 Å². The summed E-state index contributed by atoms with van der Waals surface area (Å²) in [6.45, 7) is 9.73. The van der Waals surface area contributed by atoms with Crippen molar-refractivity contribution in [3.05, 3.63) is 29.8 Å². The number of benzene rings is 1. The molecule has 0 amide bonds. The Morgan fingerprint density at radius 3 is 2.43 bits per heavy atom. The third-order valence-corrected chi connectivity index (χ3v) is 4.10. The minimum atomic E-state index is 0.424. The molecule has 0 saturated carbocycles. The molecule has 21 heavy (non-hydrogen) atoms. The molecule has 0 aromatic heterocycles. The lowest BCUT2D eigenvalue weighted by atomic mass is 10.0. The first-order valence-corrected chi connectivity index (χ1v) is 8.52. The highest BCUT2D eigenvalue weighted by Crippen LogP contribution is 2.20. The first-order chi connectivity index (χ1) is 10.3. The standard InChI is InChI=1S/C18H30N2O/c1-3-14-21-17-10-8-16(9-11-17)18(19-4-2)15-20-12-6-5-7-13-20/h8-11,18-19H,3-7,12-15H2,1-2H3. The fourth-order valence-electron chi connectivity index (χ4n) is 2.95. The Balaban J connectivity index is 1.95. The molecule has 0 bridgehead atoms. The number of hydrogen-bond acceptors (Lipinski definition) is 3. The Kier molecular flexibility index (Phi) is 7.04. The van der Waals surface area contributed by atoms with Gasteiger partial charge < -0.3 is 15.0 Å². The molecule has 1 aliphatic rings. The van der Waals surface area contributed by atoms with E-state index in [0.717, 1.165) is 31.9 Å². The predicted molar refractivity (Wildman–Crippen MR) is 88.9 cm³/mol. The van der Waals surface area contributed by atoms with Crippen molar-refractivity contribution in [2.75, 3.05) is 32.8 Å². The first-order valence-electron chi connectivity index (χ1n) is 8.52. The highest BCUT2D eigenvalue weighted by molar-refractivity contribution is 5.29. The van der Waals surface area contributed by atoms with Gasteiger partial charge in [0.15, 0.2) is 0 Å². The van der Waals surface area contributed by atoms with E-state index in [-0.39, 0.29) is 0 Å². The summed E-state index contributed by atoms with van der Waals surface area (Å²) in [5.41, 5.74) is 1.37. The molecular formula is C18H30N2O. The van der Waals surface area contributed by atoms with E-state index in [9.17, 15) is 0 Å². The summed E-state index contributed by atoms with van der Waals surface area (Å²) < 4.78 is 5.67. The number of likely N-dealkylation sites (tertiary alicyclic amines) is 1. The van der Waals surface area contributed by atoms with Gasteiger partial charge >= 0.3 is 0 Å². The summed E-state index contributed by atoms with van der Waals surface area (Å²) in [4.78, 5) is 2.60. The van der Waals surface area contributed by atoms with E-state index in [1.807, 2.05) is 0 Å². The number of rotatable bonds is 8. The highest BCUT2D eigenvalue weighted by atomic mass is 16.5. The molecule has 1 unspecified atom stereocenters. The topological polar surface area (TPSA) is 24.5 Å². The molecule has 1 saturated heterocycles. The fraction of sp³-hybridized carbons (Fsp3) is 0.667. The molecule has 1 aliphatic heterocycles. The van der Waals surface area contributed by atoms with Gasteiger partial charge in [0.2, 0.25) is 0 Å². The third-order valence-electron chi connectivity index (χ3n) is 4.10. The zero-order chi connectivity index (χ0) is 14.9. The van der Waals surface area contributed by atoms with Crippen LogP contribution in [-0.2, 0) is 0 Å². The number of likely N-dealkylation sites (N-methyl/N-ethyl adjacent to an activating group) is 1. The summed E-state index contributed by atoms with van der Waals surface area (Å²) in [5.74, 6) is 0.980. The molecule has 0 radical (unpaired) electrons. The summed E-state index contributed by atoms with van der Waals surface area (Å²) in [6.07, 6.45) is 5.15. The van der Waals surface area contributed by atoms with Crippen molar-refractivity contribution in [3.63, 3.8) is 0 Å².